The van der Waals surface area contributed by atoms with Crippen molar-refractivity contribution in [2.24, 2.45) is 11.1 Å². The Bertz CT molecular complexity index is 461. The minimum atomic E-state index is -0.513. The molecule has 20 heavy (non-hydrogen) atoms. The van der Waals surface area contributed by atoms with E-state index < -0.39 is 5.41 Å². The second-order valence-electron chi connectivity index (χ2n) is 6.24. The molecule has 2 N–H and O–H groups in total. The van der Waals surface area contributed by atoms with E-state index in [2.05, 4.69) is 12.1 Å². The van der Waals surface area contributed by atoms with Gasteiger partial charge in [0.15, 0.2) is 0 Å². The summed E-state index contributed by atoms with van der Waals surface area (Å²) in [7, 11) is 0. The predicted octanol–water partition coefficient (Wildman–Crippen LogP) is 2.59. The van der Waals surface area contributed by atoms with E-state index in [1.807, 2.05) is 36.9 Å². The number of alkyl halides is 1. The topological polar surface area (TPSA) is 46.3 Å². The van der Waals surface area contributed by atoms with Crippen LogP contribution in [0.1, 0.15) is 31.7 Å². The third-order valence-electron chi connectivity index (χ3n) is 4.09. The lowest BCUT2D eigenvalue weighted by Crippen LogP contribution is -2.53. The van der Waals surface area contributed by atoms with Crippen LogP contribution in [-0.4, -0.2) is 35.8 Å². The molecule has 2 unspecified atom stereocenters. The number of carbonyl (C=O) groups excluding carboxylic acids is 1. The Kier molecular flexibility index (Phi) is 4.71. The molecule has 2 atom stereocenters. The maximum absolute atomic E-state index is 12.4. The number of hydrogen-bond donors (Lipinski definition) is 1. The van der Waals surface area contributed by atoms with Gasteiger partial charge in [-0.05, 0) is 25.8 Å². The highest BCUT2D eigenvalue weighted by molar-refractivity contribution is 6.19. The molecule has 1 aliphatic heterocycles. The van der Waals surface area contributed by atoms with Crippen LogP contribution < -0.4 is 5.73 Å². The van der Waals surface area contributed by atoms with E-state index in [9.17, 15) is 4.79 Å². The van der Waals surface area contributed by atoms with Crippen molar-refractivity contribution in [1.29, 1.82) is 0 Å². The van der Waals surface area contributed by atoms with Crippen molar-refractivity contribution in [2.75, 3.05) is 19.0 Å². The summed E-state index contributed by atoms with van der Waals surface area (Å²) in [6.45, 7) is 5.14. The van der Waals surface area contributed by atoms with Crippen LogP contribution in [0.2, 0.25) is 0 Å². The molecule has 1 heterocycles. The highest BCUT2D eigenvalue weighted by atomic mass is 35.5. The van der Waals surface area contributed by atoms with Crippen molar-refractivity contribution in [3.05, 3.63) is 35.9 Å². The summed E-state index contributed by atoms with van der Waals surface area (Å²) in [5, 5.41) is 0. The Balaban J connectivity index is 2.05. The van der Waals surface area contributed by atoms with Crippen LogP contribution in [0, 0.1) is 5.41 Å². The van der Waals surface area contributed by atoms with Crippen molar-refractivity contribution >= 4 is 17.5 Å². The van der Waals surface area contributed by atoms with Crippen molar-refractivity contribution in [3.63, 3.8) is 0 Å². The van der Waals surface area contributed by atoms with Gasteiger partial charge in [0.2, 0.25) is 5.91 Å². The zero-order valence-electron chi connectivity index (χ0n) is 12.2. The van der Waals surface area contributed by atoms with E-state index in [4.69, 9.17) is 17.3 Å². The maximum atomic E-state index is 12.4. The van der Waals surface area contributed by atoms with Gasteiger partial charge in [-0.2, -0.15) is 0 Å². The van der Waals surface area contributed by atoms with Crippen LogP contribution in [0.4, 0.5) is 0 Å². The summed E-state index contributed by atoms with van der Waals surface area (Å²) in [5.41, 5.74) is 7.05. The van der Waals surface area contributed by atoms with Crippen molar-refractivity contribution in [3.8, 4) is 0 Å². The summed E-state index contributed by atoms with van der Waals surface area (Å²) >= 11 is 5.89. The lowest BCUT2D eigenvalue weighted by molar-refractivity contribution is -0.140. The molecule has 1 aliphatic rings. The molecule has 2 rings (SSSR count). The van der Waals surface area contributed by atoms with Gasteiger partial charge in [0.05, 0.1) is 5.41 Å². The zero-order valence-corrected chi connectivity index (χ0v) is 12.9. The van der Waals surface area contributed by atoms with Gasteiger partial charge in [0, 0.05) is 30.9 Å². The van der Waals surface area contributed by atoms with Gasteiger partial charge in [0.1, 0.15) is 0 Å². The molecule has 1 fully saturated rings. The molecule has 0 radical (unpaired) electrons. The summed E-state index contributed by atoms with van der Waals surface area (Å²) in [6, 6.07) is 10.3. The molecule has 110 valence electrons. The monoisotopic (exact) mass is 294 g/mol. The quantitative estimate of drug-likeness (QED) is 0.871. The number of rotatable bonds is 3. The molecule has 0 spiro atoms. The first-order chi connectivity index (χ1) is 9.45. The highest BCUT2D eigenvalue weighted by Gasteiger charge is 2.36. The van der Waals surface area contributed by atoms with Crippen LogP contribution in [0.25, 0.3) is 0 Å². The summed E-state index contributed by atoms with van der Waals surface area (Å²) < 4.78 is 0. The Morgan fingerprint density at radius 1 is 1.40 bits per heavy atom. The zero-order chi connectivity index (χ0) is 14.8. The summed E-state index contributed by atoms with van der Waals surface area (Å²) in [4.78, 5) is 14.3. The predicted molar refractivity (Wildman–Crippen MR) is 82.9 cm³/mol. The first-order valence-corrected chi connectivity index (χ1v) is 7.65. The number of carbonyl (C=O) groups is 1. The lowest BCUT2D eigenvalue weighted by Gasteiger charge is -2.40. The smallest absolute Gasteiger partial charge is 0.229 e. The fourth-order valence-corrected chi connectivity index (χ4v) is 2.88. The number of amides is 1. The molecule has 1 amide bonds. The van der Waals surface area contributed by atoms with E-state index in [0.717, 1.165) is 13.0 Å². The van der Waals surface area contributed by atoms with Crippen molar-refractivity contribution in [2.45, 2.75) is 32.2 Å². The highest BCUT2D eigenvalue weighted by Crippen LogP contribution is 2.30. The first kappa shape index (κ1) is 15.3. The van der Waals surface area contributed by atoms with Crippen LogP contribution in [0.5, 0.6) is 0 Å². The maximum Gasteiger partial charge on any atom is 0.229 e. The van der Waals surface area contributed by atoms with E-state index in [1.165, 1.54) is 5.56 Å². The molecular weight excluding hydrogens is 272 g/mol. The Labute approximate surface area is 126 Å². The number of benzene rings is 1. The van der Waals surface area contributed by atoms with Crippen LogP contribution in [-0.2, 0) is 4.79 Å². The summed E-state index contributed by atoms with van der Waals surface area (Å²) in [5.74, 6) is 0.772. The lowest BCUT2D eigenvalue weighted by atomic mass is 9.84. The normalized spacial score (nSPS) is 23.7. The van der Waals surface area contributed by atoms with Crippen molar-refractivity contribution < 1.29 is 4.79 Å². The van der Waals surface area contributed by atoms with E-state index in [-0.39, 0.29) is 11.9 Å². The molecular formula is C16H23ClN2O. The molecule has 0 bridgehead atoms. The Morgan fingerprint density at radius 2 is 2.05 bits per heavy atom. The Morgan fingerprint density at radius 3 is 2.60 bits per heavy atom. The SMILES string of the molecule is CC(C)(CCl)C(=O)N1CCC(c2ccccc2)C(N)C1. The number of nitrogens with two attached hydrogens (primary N) is 1. The molecule has 0 aliphatic carbocycles. The third-order valence-corrected chi connectivity index (χ3v) is 4.75. The fraction of sp³-hybridized carbons (Fsp3) is 0.562. The molecule has 1 saturated heterocycles. The minimum Gasteiger partial charge on any atom is -0.341 e. The first-order valence-electron chi connectivity index (χ1n) is 7.11. The average Bonchev–Trinajstić information content (AvgIpc) is 2.47. The standard InChI is InChI=1S/C16H23ClN2O/c1-16(2,11-17)15(20)19-9-8-13(14(18)10-19)12-6-4-3-5-7-12/h3-7,13-14H,8-11,18H2,1-2H3. The number of likely N-dealkylation sites (tertiary alicyclic amines) is 1. The molecule has 1 aromatic rings. The average molecular weight is 295 g/mol. The molecule has 1 aromatic carbocycles. The van der Waals surface area contributed by atoms with Gasteiger partial charge in [0.25, 0.3) is 0 Å². The van der Waals surface area contributed by atoms with Crippen LogP contribution >= 0.6 is 11.6 Å². The molecule has 4 heteroatoms. The Hall–Kier alpha value is -1.06. The van der Waals surface area contributed by atoms with E-state index in [0.29, 0.717) is 18.3 Å². The van der Waals surface area contributed by atoms with Gasteiger partial charge in [-0.15, -0.1) is 11.6 Å². The van der Waals surface area contributed by atoms with Crippen molar-refractivity contribution in [1.82, 2.24) is 4.90 Å². The van der Waals surface area contributed by atoms with Gasteiger partial charge < -0.3 is 10.6 Å². The third kappa shape index (κ3) is 3.15. The van der Waals surface area contributed by atoms with E-state index >= 15 is 0 Å². The minimum absolute atomic E-state index is 0.0128. The molecule has 0 saturated carbocycles. The molecule has 0 aromatic heterocycles. The van der Waals surface area contributed by atoms with Gasteiger partial charge in [-0.3, -0.25) is 4.79 Å². The van der Waals surface area contributed by atoms with Crippen LogP contribution in [0.3, 0.4) is 0 Å². The second kappa shape index (κ2) is 6.15. The van der Waals surface area contributed by atoms with E-state index in [1.54, 1.807) is 0 Å². The van der Waals surface area contributed by atoms with Gasteiger partial charge in [-0.1, -0.05) is 30.3 Å². The number of nitrogens with zero attached hydrogens (tertiary/aromatic N) is 1. The largest absolute Gasteiger partial charge is 0.341 e. The second-order valence-corrected chi connectivity index (χ2v) is 6.51. The fourth-order valence-electron chi connectivity index (χ4n) is 2.77. The molecule has 3 nitrogen and oxygen atoms in total. The van der Waals surface area contributed by atoms with Gasteiger partial charge in [-0.25, -0.2) is 0 Å². The number of hydrogen-bond acceptors (Lipinski definition) is 2. The number of piperidine rings is 1. The summed E-state index contributed by atoms with van der Waals surface area (Å²) in [6.07, 6.45) is 0.912. The van der Waals surface area contributed by atoms with Crippen LogP contribution in [0.15, 0.2) is 30.3 Å². The van der Waals surface area contributed by atoms with Gasteiger partial charge >= 0.3 is 0 Å². The number of halogens is 1.